The van der Waals surface area contributed by atoms with Crippen LogP contribution in [0.4, 0.5) is 0 Å². The van der Waals surface area contributed by atoms with Crippen LogP contribution >= 0.6 is 0 Å². The molecule has 0 aromatic heterocycles. The van der Waals surface area contributed by atoms with E-state index in [0.29, 0.717) is 18.8 Å². The summed E-state index contributed by atoms with van der Waals surface area (Å²) < 4.78 is 81.7. The molecular formula is C3H9O9S3Yb. The van der Waals surface area contributed by atoms with Gasteiger partial charge in [0.25, 0.3) is 0 Å². The summed E-state index contributed by atoms with van der Waals surface area (Å²) in [6, 6.07) is 0. The van der Waals surface area contributed by atoms with Gasteiger partial charge in [0.15, 0.2) is 0 Å². The molecule has 0 aromatic rings. The fourth-order valence-electron chi connectivity index (χ4n) is 0. The molecule has 0 rings (SSSR count). The molecule has 0 bridgehead atoms. The van der Waals surface area contributed by atoms with Crippen molar-refractivity contribution in [3.05, 3.63) is 0 Å². The molecule has 0 saturated heterocycles. The maximum absolute atomic E-state index is 9.08. The van der Waals surface area contributed by atoms with E-state index in [1.165, 1.54) is 0 Å². The molecule has 0 spiro atoms. The van der Waals surface area contributed by atoms with Gasteiger partial charge in [-0.3, -0.25) is 0 Å². The summed E-state index contributed by atoms with van der Waals surface area (Å²) in [5.74, 6) is 0. The van der Waals surface area contributed by atoms with Gasteiger partial charge in [0.2, 0.25) is 0 Å². The van der Waals surface area contributed by atoms with Gasteiger partial charge in [-0.05, 0) is 0 Å². The largest absolute Gasteiger partial charge is 3.00 e. The predicted molar refractivity (Wildman–Crippen MR) is 46.9 cm³/mol. The molecule has 0 unspecified atom stereocenters. The molecule has 0 N–H and O–H groups in total. The summed E-state index contributed by atoms with van der Waals surface area (Å²) in [7, 11) is -11.8. The van der Waals surface area contributed by atoms with E-state index in [9.17, 15) is 0 Å². The Labute approximate surface area is 133 Å². The average molecular weight is 458 g/mol. The molecule has 0 fully saturated rings. The Morgan fingerprint density at radius 1 is 0.562 bits per heavy atom. The van der Waals surface area contributed by atoms with Crippen molar-refractivity contribution in [2.45, 2.75) is 0 Å². The third-order valence-electron chi connectivity index (χ3n) is 0. The van der Waals surface area contributed by atoms with Crippen LogP contribution in [0.3, 0.4) is 0 Å². The monoisotopic (exact) mass is 459 g/mol. The van der Waals surface area contributed by atoms with Gasteiger partial charge < -0.3 is 13.7 Å². The van der Waals surface area contributed by atoms with Crippen LogP contribution in [-0.4, -0.2) is 57.7 Å². The van der Waals surface area contributed by atoms with E-state index in [1.807, 2.05) is 0 Å². The molecule has 0 aliphatic heterocycles. The number of hydrogen-bond acceptors (Lipinski definition) is 9. The minimum Gasteiger partial charge on any atom is -0.748 e. The van der Waals surface area contributed by atoms with Crippen LogP contribution in [0.2, 0.25) is 0 Å². The van der Waals surface area contributed by atoms with Crippen LogP contribution < -0.4 is 0 Å². The van der Waals surface area contributed by atoms with Gasteiger partial charge in [-0.15, -0.1) is 0 Å². The first-order valence-electron chi connectivity index (χ1n) is 2.72. The molecule has 0 heterocycles. The zero-order chi connectivity index (χ0) is 13.5. The maximum Gasteiger partial charge on any atom is 3.00 e. The standard InChI is InChI=1S/3CH4O3S.Yb/c3*1-5(2,3)4;/h3*1H3,(H,2,3,4);/q;;;+3/p-3. The van der Waals surface area contributed by atoms with E-state index in [-0.39, 0.29) is 46.9 Å². The first kappa shape index (κ1) is 25.9. The molecule has 0 aromatic carbocycles. The van der Waals surface area contributed by atoms with Crippen LogP contribution in [0.1, 0.15) is 0 Å². The van der Waals surface area contributed by atoms with Crippen molar-refractivity contribution in [3.8, 4) is 0 Å². The van der Waals surface area contributed by atoms with Gasteiger partial charge in [0, 0.05) is 18.8 Å². The van der Waals surface area contributed by atoms with Crippen molar-refractivity contribution in [1.29, 1.82) is 0 Å². The van der Waals surface area contributed by atoms with Gasteiger partial charge in [-0.25, -0.2) is 25.3 Å². The molecule has 107 valence electrons. The number of rotatable bonds is 0. The minimum absolute atomic E-state index is 0. The van der Waals surface area contributed by atoms with E-state index >= 15 is 0 Å². The first-order chi connectivity index (χ1) is 6.00. The molecule has 16 heavy (non-hydrogen) atoms. The molecule has 1 radical (unpaired) electrons. The van der Waals surface area contributed by atoms with Crippen molar-refractivity contribution in [1.82, 2.24) is 0 Å². The summed E-state index contributed by atoms with van der Waals surface area (Å²) in [5, 5.41) is 0. The van der Waals surface area contributed by atoms with E-state index < -0.39 is 30.4 Å². The van der Waals surface area contributed by atoms with E-state index in [4.69, 9.17) is 38.9 Å². The van der Waals surface area contributed by atoms with Gasteiger partial charge in [-0.2, -0.15) is 0 Å². The van der Waals surface area contributed by atoms with Gasteiger partial charge in [0.1, 0.15) is 0 Å². The topological polar surface area (TPSA) is 172 Å². The van der Waals surface area contributed by atoms with Crippen molar-refractivity contribution < 1.29 is 85.8 Å². The van der Waals surface area contributed by atoms with Crippen molar-refractivity contribution in [3.63, 3.8) is 0 Å². The second-order valence-corrected chi connectivity index (χ2v) is 6.34. The third-order valence-corrected chi connectivity index (χ3v) is 0. The Morgan fingerprint density at radius 3 is 0.562 bits per heavy atom. The summed E-state index contributed by atoms with van der Waals surface area (Å²) in [6.07, 6.45) is 1.81. The zero-order valence-corrected chi connectivity index (χ0v) is 12.3. The maximum atomic E-state index is 9.08. The molecule has 0 aliphatic rings. The SMILES string of the molecule is CS(=O)(=O)[O-].CS(=O)(=O)[O-].CS(=O)(=O)[O-].[Yb+3]. The van der Waals surface area contributed by atoms with Gasteiger partial charge >= 0.3 is 46.9 Å². The fraction of sp³-hybridized carbons (Fsp3) is 1.00. The Hall–Kier alpha value is 1.25. The second kappa shape index (κ2) is 10.2. The molecule has 0 atom stereocenters. The van der Waals surface area contributed by atoms with Crippen LogP contribution in [0.25, 0.3) is 0 Å². The Morgan fingerprint density at radius 2 is 0.562 bits per heavy atom. The summed E-state index contributed by atoms with van der Waals surface area (Å²) >= 11 is 0. The van der Waals surface area contributed by atoms with Crippen molar-refractivity contribution in [2.75, 3.05) is 18.8 Å². The van der Waals surface area contributed by atoms with Crippen LogP contribution in [0.5, 0.6) is 0 Å². The molecular weight excluding hydrogens is 449 g/mol. The van der Waals surface area contributed by atoms with Crippen LogP contribution in [-0.2, 0) is 30.4 Å². The summed E-state index contributed by atoms with van der Waals surface area (Å²) in [6.45, 7) is 0. The second-order valence-electron chi connectivity index (χ2n) is 2.11. The van der Waals surface area contributed by atoms with Crippen molar-refractivity contribution in [2.24, 2.45) is 0 Å². The smallest absolute Gasteiger partial charge is 0.748 e. The molecule has 0 aliphatic carbocycles. The molecule has 0 saturated carbocycles. The summed E-state index contributed by atoms with van der Waals surface area (Å²) in [5.41, 5.74) is 0. The average Bonchev–Trinajstić information content (AvgIpc) is 1.41. The van der Waals surface area contributed by atoms with Gasteiger partial charge in [-0.1, -0.05) is 0 Å². The minimum atomic E-state index is -3.92. The third kappa shape index (κ3) is 1980. The van der Waals surface area contributed by atoms with E-state index in [1.54, 1.807) is 0 Å². The van der Waals surface area contributed by atoms with Gasteiger partial charge in [0.05, 0.1) is 30.4 Å². The number of hydrogen-bond donors (Lipinski definition) is 0. The quantitative estimate of drug-likeness (QED) is 0.355. The molecule has 0 amide bonds. The Balaban J connectivity index is -0.0000000655. The Kier molecular flexibility index (Phi) is 16.5. The predicted octanol–water partition coefficient (Wildman–Crippen LogP) is -2.52. The summed E-state index contributed by atoms with van der Waals surface area (Å²) in [4.78, 5) is 0. The molecule has 13 heteroatoms. The van der Waals surface area contributed by atoms with Crippen LogP contribution in [0, 0.1) is 46.9 Å². The van der Waals surface area contributed by atoms with E-state index in [2.05, 4.69) is 0 Å². The fourth-order valence-corrected chi connectivity index (χ4v) is 0. The zero-order valence-electron chi connectivity index (χ0n) is 8.17. The Bertz CT molecular complexity index is 347. The van der Waals surface area contributed by atoms with Crippen molar-refractivity contribution >= 4 is 30.4 Å². The van der Waals surface area contributed by atoms with Crippen LogP contribution in [0.15, 0.2) is 0 Å². The first-order valence-corrected chi connectivity index (χ1v) is 8.17. The van der Waals surface area contributed by atoms with E-state index in [0.717, 1.165) is 0 Å². The molecule has 9 nitrogen and oxygen atoms in total. The normalized spacial score (nSPS) is 10.9.